The van der Waals surface area contributed by atoms with Crippen molar-refractivity contribution in [1.82, 2.24) is 29.2 Å². The van der Waals surface area contributed by atoms with Crippen molar-refractivity contribution in [2.75, 3.05) is 43.4 Å². The number of fused-ring (bicyclic) bond motifs is 2. The van der Waals surface area contributed by atoms with Gasteiger partial charge in [-0.25, -0.2) is 19.3 Å². The van der Waals surface area contributed by atoms with Gasteiger partial charge >= 0.3 is 0 Å². The third-order valence-electron chi connectivity index (χ3n) is 9.37. The van der Waals surface area contributed by atoms with E-state index in [0.717, 1.165) is 63.1 Å². The number of pyridine rings is 1. The van der Waals surface area contributed by atoms with Crippen molar-refractivity contribution in [2.45, 2.75) is 44.8 Å². The van der Waals surface area contributed by atoms with Crippen LogP contribution in [0.5, 0.6) is 0 Å². The van der Waals surface area contributed by atoms with Gasteiger partial charge in [-0.3, -0.25) is 4.79 Å². The Morgan fingerprint density at radius 2 is 1.80 bits per heavy atom. The number of rotatable bonds is 6. The SMILES string of the molecule is C=CCn1c(=O)c2cnc(Nc3ccc(N4CCN(C)CC4)cc3)nc2n1-c1ccc2c(n1)C(C)(O)C1(CC2)CC1. The monoisotopic (exact) mass is 552 g/mol. The lowest BCUT2D eigenvalue weighted by atomic mass is 9.72. The van der Waals surface area contributed by atoms with Crippen LogP contribution in [0.25, 0.3) is 16.9 Å². The van der Waals surface area contributed by atoms with Crippen LogP contribution in [-0.4, -0.2) is 67.5 Å². The van der Waals surface area contributed by atoms with Crippen molar-refractivity contribution in [3.8, 4) is 5.82 Å². The molecule has 2 N–H and O–H groups in total. The molecule has 41 heavy (non-hydrogen) atoms. The van der Waals surface area contributed by atoms with Gasteiger partial charge in [-0.1, -0.05) is 12.1 Å². The Labute approximate surface area is 238 Å². The van der Waals surface area contributed by atoms with Gasteiger partial charge < -0.3 is 20.2 Å². The van der Waals surface area contributed by atoms with E-state index in [2.05, 4.69) is 45.9 Å². The molecule has 7 rings (SSSR count). The number of aryl methyl sites for hydroxylation is 1. The van der Waals surface area contributed by atoms with Crippen molar-refractivity contribution in [1.29, 1.82) is 0 Å². The lowest BCUT2D eigenvalue weighted by Crippen LogP contribution is -2.44. The first kappa shape index (κ1) is 25.9. The molecule has 4 heterocycles. The lowest BCUT2D eigenvalue weighted by molar-refractivity contribution is -0.0371. The van der Waals surface area contributed by atoms with Crippen LogP contribution in [0.2, 0.25) is 0 Å². The third-order valence-corrected chi connectivity index (χ3v) is 9.37. The Balaban J connectivity index is 1.25. The minimum atomic E-state index is -1.01. The molecular formula is C31H36N8O2. The first-order valence-electron chi connectivity index (χ1n) is 14.4. The van der Waals surface area contributed by atoms with E-state index < -0.39 is 5.60 Å². The van der Waals surface area contributed by atoms with Crippen LogP contribution in [0.4, 0.5) is 17.3 Å². The van der Waals surface area contributed by atoms with E-state index in [1.807, 2.05) is 31.2 Å². The zero-order valence-corrected chi connectivity index (χ0v) is 23.7. The van der Waals surface area contributed by atoms with E-state index >= 15 is 0 Å². The molecule has 1 unspecified atom stereocenters. The van der Waals surface area contributed by atoms with Crippen molar-refractivity contribution >= 4 is 28.4 Å². The number of piperazine rings is 1. The number of anilines is 3. The topological polar surface area (TPSA) is 104 Å². The minimum absolute atomic E-state index is 0.0929. The second kappa shape index (κ2) is 9.53. The molecule has 0 amide bonds. The molecule has 1 atom stereocenters. The summed E-state index contributed by atoms with van der Waals surface area (Å²) in [5, 5.41) is 15.3. The second-order valence-electron chi connectivity index (χ2n) is 11.9. The molecule has 3 aromatic heterocycles. The van der Waals surface area contributed by atoms with Crippen LogP contribution >= 0.6 is 0 Å². The van der Waals surface area contributed by atoms with Crippen LogP contribution in [0, 0.1) is 5.41 Å². The maximum atomic E-state index is 13.4. The summed E-state index contributed by atoms with van der Waals surface area (Å²) in [5.41, 5.74) is 2.94. The first-order valence-corrected chi connectivity index (χ1v) is 14.4. The van der Waals surface area contributed by atoms with E-state index in [4.69, 9.17) is 9.97 Å². The van der Waals surface area contributed by atoms with Crippen molar-refractivity contribution in [2.24, 2.45) is 5.41 Å². The Morgan fingerprint density at radius 3 is 2.51 bits per heavy atom. The molecule has 1 saturated heterocycles. The van der Waals surface area contributed by atoms with E-state index in [1.54, 1.807) is 21.6 Å². The average Bonchev–Trinajstić information content (AvgIpc) is 3.72. The summed E-state index contributed by atoms with van der Waals surface area (Å²) < 4.78 is 3.30. The van der Waals surface area contributed by atoms with E-state index in [9.17, 15) is 9.90 Å². The third kappa shape index (κ3) is 4.24. The van der Waals surface area contributed by atoms with Gasteiger partial charge in [-0.05, 0) is 75.5 Å². The molecule has 10 nitrogen and oxygen atoms in total. The molecule has 1 aromatic carbocycles. The van der Waals surface area contributed by atoms with Gasteiger partial charge in [0.05, 0.1) is 12.2 Å². The Bertz CT molecular complexity index is 1690. The first-order chi connectivity index (χ1) is 19.8. The van der Waals surface area contributed by atoms with E-state index in [0.29, 0.717) is 28.5 Å². The van der Waals surface area contributed by atoms with Crippen LogP contribution in [0.15, 0.2) is 60.0 Å². The highest BCUT2D eigenvalue weighted by Gasteiger charge is 2.59. The van der Waals surface area contributed by atoms with Gasteiger partial charge in [0.1, 0.15) is 11.0 Å². The average molecular weight is 553 g/mol. The van der Waals surface area contributed by atoms with Crippen LogP contribution in [0.3, 0.4) is 0 Å². The normalized spacial score (nSPS) is 21.7. The molecule has 0 bridgehead atoms. The number of benzene rings is 1. The van der Waals surface area contributed by atoms with Crippen LogP contribution < -0.4 is 15.8 Å². The molecule has 212 valence electrons. The van der Waals surface area contributed by atoms with Gasteiger partial charge in [-0.15, -0.1) is 6.58 Å². The number of aromatic nitrogens is 5. The zero-order valence-electron chi connectivity index (χ0n) is 23.7. The van der Waals surface area contributed by atoms with Crippen molar-refractivity contribution in [3.63, 3.8) is 0 Å². The van der Waals surface area contributed by atoms with Gasteiger partial charge in [0.25, 0.3) is 5.56 Å². The number of hydrogen-bond acceptors (Lipinski definition) is 8. The quantitative estimate of drug-likeness (QED) is 0.350. The van der Waals surface area contributed by atoms with Crippen LogP contribution in [0.1, 0.15) is 37.4 Å². The number of nitrogens with one attached hydrogen (secondary N) is 1. The van der Waals surface area contributed by atoms with Crippen molar-refractivity contribution < 1.29 is 5.11 Å². The van der Waals surface area contributed by atoms with Gasteiger partial charge in [0, 0.05) is 49.2 Å². The number of hydrogen-bond donors (Lipinski definition) is 2. The highest BCUT2D eigenvalue weighted by atomic mass is 16.3. The smallest absolute Gasteiger partial charge is 0.278 e. The predicted octanol–water partition coefficient (Wildman–Crippen LogP) is 3.59. The molecule has 1 saturated carbocycles. The molecule has 10 heteroatoms. The Hall–Kier alpha value is -4.02. The number of nitrogens with zero attached hydrogens (tertiary/aromatic N) is 7. The Morgan fingerprint density at radius 1 is 1.05 bits per heavy atom. The maximum Gasteiger partial charge on any atom is 0.278 e. The molecule has 3 aliphatic rings. The summed E-state index contributed by atoms with van der Waals surface area (Å²) in [5.74, 6) is 0.924. The van der Waals surface area contributed by atoms with E-state index in [1.165, 1.54) is 5.69 Å². The number of aliphatic hydroxyl groups is 1. The highest BCUT2D eigenvalue weighted by Crippen LogP contribution is 2.63. The van der Waals surface area contributed by atoms with Crippen molar-refractivity contribution in [3.05, 3.63) is 76.9 Å². The Kier molecular flexibility index (Phi) is 6.02. The summed E-state index contributed by atoms with van der Waals surface area (Å²) >= 11 is 0. The summed E-state index contributed by atoms with van der Waals surface area (Å²) in [7, 11) is 2.15. The molecule has 1 spiro atoms. The summed E-state index contributed by atoms with van der Waals surface area (Å²) in [6, 6.07) is 12.2. The summed E-state index contributed by atoms with van der Waals surface area (Å²) in [6.45, 7) is 10.1. The zero-order chi connectivity index (χ0) is 28.4. The number of allylic oxidation sites excluding steroid dienone is 1. The largest absolute Gasteiger partial charge is 0.383 e. The molecular weight excluding hydrogens is 516 g/mol. The van der Waals surface area contributed by atoms with Gasteiger partial charge in [0.2, 0.25) is 5.95 Å². The minimum Gasteiger partial charge on any atom is -0.383 e. The fraction of sp³-hybridized carbons (Fsp3) is 0.419. The standard InChI is InChI=1S/C31H36N8O2/c1-4-15-38-28(40)24-20-32-29(33-22-6-8-23(9-7-22)37-18-16-36(3)17-19-37)35-27(24)39(38)25-10-5-21-11-12-31(13-14-31)30(2,41)26(21)34-25/h4-10,20,41H,1,11-19H2,2-3H3,(H,32,33,35). The molecule has 1 aliphatic heterocycles. The molecule has 0 radical (unpaired) electrons. The van der Waals surface area contributed by atoms with Gasteiger partial charge in [-0.2, -0.15) is 4.98 Å². The second-order valence-corrected chi connectivity index (χ2v) is 11.9. The molecule has 4 aromatic rings. The molecule has 2 aliphatic carbocycles. The van der Waals surface area contributed by atoms with E-state index in [-0.39, 0.29) is 17.5 Å². The fourth-order valence-electron chi connectivity index (χ4n) is 6.53. The fourth-order valence-corrected chi connectivity index (χ4v) is 6.53. The number of likely N-dealkylation sites (N-methyl/N-ethyl adjacent to an activating group) is 1. The summed E-state index contributed by atoms with van der Waals surface area (Å²) in [6.07, 6.45) is 7.14. The lowest BCUT2D eigenvalue weighted by Gasteiger charge is -2.38. The summed E-state index contributed by atoms with van der Waals surface area (Å²) in [4.78, 5) is 32.4. The van der Waals surface area contributed by atoms with Crippen LogP contribution in [-0.2, 0) is 18.6 Å². The highest BCUT2D eigenvalue weighted by molar-refractivity contribution is 5.77. The predicted molar refractivity (Wildman–Crippen MR) is 160 cm³/mol. The maximum absolute atomic E-state index is 13.4. The molecule has 2 fully saturated rings. The van der Waals surface area contributed by atoms with Gasteiger partial charge in [0.15, 0.2) is 11.5 Å².